The molecule has 0 atom stereocenters. The monoisotopic (exact) mass is 319 g/mol. The molecule has 21 heavy (non-hydrogen) atoms. The minimum Gasteiger partial charge on any atom is -0.490 e. The van der Waals surface area contributed by atoms with Crippen LogP contribution in [0, 0.1) is 10.1 Å². The molecule has 118 valence electrons. The molecule has 0 bridgehead atoms. The molecule has 9 heteroatoms. The number of benzene rings is 1. The summed E-state index contributed by atoms with van der Waals surface area (Å²) in [6.45, 7) is 1.15. The largest absolute Gasteiger partial charge is 0.490 e. The minimum absolute atomic E-state index is 0. The Hall–Kier alpha value is -1.90. The van der Waals surface area contributed by atoms with Crippen molar-refractivity contribution in [2.45, 2.75) is 0 Å². The molecule has 1 aromatic rings. The van der Waals surface area contributed by atoms with Crippen LogP contribution >= 0.6 is 12.4 Å². The molecule has 0 aliphatic rings. The molecular weight excluding hydrogens is 302 g/mol. The van der Waals surface area contributed by atoms with Gasteiger partial charge < -0.3 is 20.1 Å². The molecule has 0 saturated heterocycles. The Morgan fingerprint density at radius 3 is 2.67 bits per heavy atom. The molecule has 1 amide bonds. The van der Waals surface area contributed by atoms with Gasteiger partial charge in [-0.05, 0) is 12.1 Å². The highest BCUT2D eigenvalue weighted by molar-refractivity contribution is 5.92. The number of carbonyl (C=O) groups is 1. The van der Waals surface area contributed by atoms with Crippen molar-refractivity contribution in [1.29, 1.82) is 0 Å². The van der Waals surface area contributed by atoms with E-state index in [0.717, 1.165) is 0 Å². The van der Waals surface area contributed by atoms with Crippen LogP contribution in [0.2, 0.25) is 0 Å². The first kappa shape index (κ1) is 19.1. The summed E-state index contributed by atoms with van der Waals surface area (Å²) >= 11 is 0. The number of halogens is 1. The number of rotatable bonds is 8. The second kappa shape index (κ2) is 9.92. The van der Waals surface area contributed by atoms with Crippen LogP contribution in [-0.4, -0.2) is 44.7 Å². The number of methoxy groups -OCH3 is 2. The highest BCUT2D eigenvalue weighted by atomic mass is 35.5. The smallest absolute Gasteiger partial charge is 0.312 e. The van der Waals surface area contributed by atoms with Crippen LogP contribution in [0.4, 0.5) is 11.4 Å². The number of nitrogens with one attached hydrogen (secondary N) is 2. The van der Waals surface area contributed by atoms with E-state index in [1.807, 2.05) is 0 Å². The van der Waals surface area contributed by atoms with Gasteiger partial charge in [-0.15, -0.1) is 12.4 Å². The Morgan fingerprint density at radius 1 is 1.38 bits per heavy atom. The SMILES string of the molecule is COCCNCC(=O)Nc1ccc(OC)c([N+](=O)[O-])c1.Cl. The Kier molecular flexibility index (Phi) is 9.02. The summed E-state index contributed by atoms with van der Waals surface area (Å²) in [5.41, 5.74) is 0.147. The highest BCUT2D eigenvalue weighted by Gasteiger charge is 2.15. The van der Waals surface area contributed by atoms with Gasteiger partial charge in [-0.2, -0.15) is 0 Å². The predicted octanol–water partition coefficient (Wildman–Crippen LogP) is 1.20. The standard InChI is InChI=1S/C12H17N3O5.ClH/c1-19-6-5-13-8-12(16)14-9-3-4-11(20-2)10(7-9)15(17)18;/h3-4,7,13H,5-6,8H2,1-2H3,(H,14,16);1H. The fourth-order valence-corrected chi connectivity index (χ4v) is 1.49. The number of amides is 1. The Balaban J connectivity index is 0.00000400. The summed E-state index contributed by atoms with van der Waals surface area (Å²) in [5.74, 6) is -0.146. The zero-order valence-electron chi connectivity index (χ0n) is 11.8. The quantitative estimate of drug-likeness (QED) is 0.424. The Morgan fingerprint density at radius 2 is 2.10 bits per heavy atom. The molecule has 1 aromatic carbocycles. The molecule has 0 heterocycles. The van der Waals surface area contributed by atoms with Crippen LogP contribution in [0.1, 0.15) is 0 Å². The molecule has 0 fully saturated rings. The molecule has 1 rings (SSSR count). The lowest BCUT2D eigenvalue weighted by atomic mass is 10.2. The van der Waals surface area contributed by atoms with Gasteiger partial charge in [0, 0.05) is 25.4 Å². The normalized spacial score (nSPS) is 9.62. The van der Waals surface area contributed by atoms with Crippen molar-refractivity contribution in [3.63, 3.8) is 0 Å². The number of anilines is 1. The van der Waals surface area contributed by atoms with E-state index in [-0.39, 0.29) is 36.3 Å². The molecule has 8 nitrogen and oxygen atoms in total. The van der Waals surface area contributed by atoms with E-state index in [4.69, 9.17) is 9.47 Å². The van der Waals surface area contributed by atoms with Gasteiger partial charge >= 0.3 is 5.69 Å². The van der Waals surface area contributed by atoms with Crippen LogP contribution in [0.25, 0.3) is 0 Å². The van der Waals surface area contributed by atoms with Crippen LogP contribution in [-0.2, 0) is 9.53 Å². The molecule has 2 N–H and O–H groups in total. The molecule has 0 aliphatic heterocycles. The lowest BCUT2D eigenvalue weighted by Gasteiger charge is -2.08. The number of nitrogens with zero attached hydrogens (tertiary/aromatic N) is 1. The summed E-state index contributed by atoms with van der Waals surface area (Å²) in [4.78, 5) is 21.9. The topological polar surface area (TPSA) is 103 Å². The summed E-state index contributed by atoms with van der Waals surface area (Å²) in [5, 5.41) is 16.3. The predicted molar refractivity (Wildman–Crippen MR) is 80.3 cm³/mol. The van der Waals surface area contributed by atoms with Crippen LogP contribution < -0.4 is 15.4 Å². The number of nitro benzene ring substituents is 1. The lowest BCUT2D eigenvalue weighted by Crippen LogP contribution is -2.30. The maximum absolute atomic E-state index is 11.6. The van der Waals surface area contributed by atoms with E-state index in [1.54, 1.807) is 13.2 Å². The third-order valence-corrected chi connectivity index (χ3v) is 2.43. The molecule has 0 saturated carbocycles. The van der Waals surface area contributed by atoms with Crippen LogP contribution in [0.15, 0.2) is 18.2 Å². The number of nitro groups is 1. The summed E-state index contributed by atoms with van der Waals surface area (Å²) in [6.07, 6.45) is 0. The van der Waals surface area contributed by atoms with E-state index in [9.17, 15) is 14.9 Å². The number of hydrogen-bond acceptors (Lipinski definition) is 6. The third kappa shape index (κ3) is 6.39. The molecule has 0 aliphatic carbocycles. The van der Waals surface area contributed by atoms with Gasteiger partial charge in [-0.25, -0.2) is 0 Å². The third-order valence-electron chi connectivity index (χ3n) is 2.43. The van der Waals surface area contributed by atoms with Gasteiger partial charge in [0.15, 0.2) is 5.75 Å². The van der Waals surface area contributed by atoms with Crippen molar-refractivity contribution in [3.8, 4) is 5.75 Å². The van der Waals surface area contributed by atoms with E-state index in [2.05, 4.69) is 10.6 Å². The first-order valence-electron chi connectivity index (χ1n) is 5.90. The average Bonchev–Trinajstić information content (AvgIpc) is 2.43. The zero-order valence-corrected chi connectivity index (χ0v) is 12.6. The van der Waals surface area contributed by atoms with Gasteiger partial charge in [-0.1, -0.05) is 0 Å². The van der Waals surface area contributed by atoms with E-state index < -0.39 is 4.92 Å². The van der Waals surface area contributed by atoms with E-state index in [0.29, 0.717) is 18.8 Å². The van der Waals surface area contributed by atoms with E-state index in [1.165, 1.54) is 19.2 Å². The molecular formula is C12H18ClN3O5. The van der Waals surface area contributed by atoms with Gasteiger partial charge in [-0.3, -0.25) is 14.9 Å². The molecule has 0 aromatic heterocycles. The van der Waals surface area contributed by atoms with Gasteiger partial charge in [0.2, 0.25) is 5.91 Å². The lowest BCUT2D eigenvalue weighted by molar-refractivity contribution is -0.385. The van der Waals surface area contributed by atoms with Crippen molar-refractivity contribution in [2.24, 2.45) is 0 Å². The van der Waals surface area contributed by atoms with Gasteiger partial charge in [0.1, 0.15) is 0 Å². The van der Waals surface area contributed by atoms with Gasteiger partial charge in [0.05, 0.1) is 25.2 Å². The molecule has 0 unspecified atom stereocenters. The summed E-state index contributed by atoms with van der Waals surface area (Å²) in [7, 11) is 2.92. The van der Waals surface area contributed by atoms with Crippen molar-refractivity contribution in [1.82, 2.24) is 5.32 Å². The second-order valence-electron chi connectivity index (χ2n) is 3.86. The van der Waals surface area contributed by atoms with Crippen LogP contribution in [0.3, 0.4) is 0 Å². The maximum Gasteiger partial charge on any atom is 0.312 e. The van der Waals surface area contributed by atoms with Gasteiger partial charge in [0.25, 0.3) is 0 Å². The Bertz CT molecular complexity index is 484. The zero-order chi connectivity index (χ0) is 15.0. The minimum atomic E-state index is -0.564. The number of carbonyl (C=O) groups excluding carboxylic acids is 1. The number of ether oxygens (including phenoxy) is 2. The first-order valence-corrected chi connectivity index (χ1v) is 5.90. The van der Waals surface area contributed by atoms with Crippen molar-refractivity contribution in [3.05, 3.63) is 28.3 Å². The second-order valence-corrected chi connectivity index (χ2v) is 3.86. The summed E-state index contributed by atoms with van der Waals surface area (Å²) < 4.78 is 9.70. The van der Waals surface area contributed by atoms with E-state index >= 15 is 0 Å². The van der Waals surface area contributed by atoms with Crippen molar-refractivity contribution >= 4 is 29.7 Å². The highest BCUT2D eigenvalue weighted by Crippen LogP contribution is 2.29. The number of hydrogen-bond donors (Lipinski definition) is 2. The Labute approximate surface area is 128 Å². The summed E-state index contributed by atoms with van der Waals surface area (Å²) in [6, 6.07) is 4.23. The van der Waals surface area contributed by atoms with Crippen molar-refractivity contribution < 1.29 is 19.2 Å². The first-order chi connectivity index (χ1) is 9.58. The maximum atomic E-state index is 11.6. The average molecular weight is 320 g/mol. The fraction of sp³-hybridized carbons (Fsp3) is 0.417. The molecule has 0 radical (unpaired) electrons. The fourth-order valence-electron chi connectivity index (χ4n) is 1.49. The molecule has 0 spiro atoms. The van der Waals surface area contributed by atoms with Crippen LogP contribution in [0.5, 0.6) is 5.75 Å². The van der Waals surface area contributed by atoms with Crippen molar-refractivity contribution in [2.75, 3.05) is 39.2 Å².